The minimum absolute atomic E-state index is 0.000531. The Morgan fingerprint density at radius 2 is 1.82 bits per heavy atom. The van der Waals surface area contributed by atoms with Crippen molar-refractivity contribution in [1.29, 1.82) is 0 Å². The van der Waals surface area contributed by atoms with E-state index in [2.05, 4.69) is 0 Å². The average Bonchev–Trinajstić information content (AvgIpc) is 2.01. The Morgan fingerprint density at radius 3 is 2.36 bits per heavy atom. The van der Waals surface area contributed by atoms with Gasteiger partial charge in [0, 0.05) is 0 Å². The van der Waals surface area contributed by atoms with E-state index >= 15 is 0 Å². The van der Waals surface area contributed by atoms with Crippen molar-refractivity contribution in [3.63, 3.8) is 0 Å². The molecule has 2 rings (SSSR count). The first-order valence-corrected chi connectivity index (χ1v) is 4.56. The van der Waals surface area contributed by atoms with Crippen molar-refractivity contribution in [3.05, 3.63) is 0 Å². The van der Waals surface area contributed by atoms with Crippen molar-refractivity contribution in [2.75, 3.05) is 0 Å². The van der Waals surface area contributed by atoms with Gasteiger partial charge in [0.05, 0.1) is 6.42 Å². The van der Waals surface area contributed by atoms with Crippen molar-refractivity contribution < 1.29 is 9.53 Å². The first kappa shape index (κ1) is 7.14. The van der Waals surface area contributed by atoms with Crippen LogP contribution in [0.3, 0.4) is 0 Å². The summed E-state index contributed by atoms with van der Waals surface area (Å²) in [5.41, 5.74) is 0. The maximum atomic E-state index is 10.5. The summed E-state index contributed by atoms with van der Waals surface area (Å²) in [6.07, 6.45) is 7.57. The summed E-state index contributed by atoms with van der Waals surface area (Å²) in [6, 6.07) is 0. The predicted octanol–water partition coefficient (Wildman–Crippen LogP) is 1.88. The molecule has 0 amide bonds. The largest absolute Gasteiger partial charge is 0.461 e. The SMILES string of the molecule is O=C1CC(C2CCCCC2)O1. The molecule has 0 spiro atoms. The summed E-state index contributed by atoms with van der Waals surface area (Å²) in [5, 5.41) is 0. The van der Waals surface area contributed by atoms with Gasteiger partial charge >= 0.3 is 5.97 Å². The van der Waals surface area contributed by atoms with Gasteiger partial charge in [-0.25, -0.2) is 0 Å². The number of carbonyl (C=O) groups is 1. The van der Waals surface area contributed by atoms with Crippen molar-refractivity contribution in [2.45, 2.75) is 44.6 Å². The van der Waals surface area contributed by atoms with E-state index in [1.54, 1.807) is 0 Å². The highest BCUT2D eigenvalue weighted by molar-refractivity contribution is 5.75. The summed E-state index contributed by atoms with van der Waals surface area (Å²) in [7, 11) is 0. The fourth-order valence-corrected chi connectivity index (χ4v) is 2.09. The van der Waals surface area contributed by atoms with Gasteiger partial charge in [0.1, 0.15) is 6.10 Å². The first-order chi connectivity index (χ1) is 5.36. The van der Waals surface area contributed by atoms with Crippen LogP contribution in [0.4, 0.5) is 0 Å². The van der Waals surface area contributed by atoms with Crippen LogP contribution in [-0.4, -0.2) is 12.1 Å². The summed E-state index contributed by atoms with van der Waals surface area (Å²) >= 11 is 0. The molecule has 0 aromatic heterocycles. The minimum Gasteiger partial charge on any atom is -0.461 e. The molecule has 1 aliphatic heterocycles. The lowest BCUT2D eigenvalue weighted by Crippen LogP contribution is -2.39. The molecule has 1 saturated carbocycles. The van der Waals surface area contributed by atoms with Crippen LogP contribution in [0.25, 0.3) is 0 Å². The molecular weight excluding hydrogens is 140 g/mol. The second-order valence-electron chi connectivity index (χ2n) is 3.63. The summed E-state index contributed by atoms with van der Waals surface area (Å²) < 4.78 is 5.04. The number of cyclic esters (lactones) is 1. The Morgan fingerprint density at radius 1 is 1.18 bits per heavy atom. The number of ether oxygens (including phenoxy) is 1. The van der Waals surface area contributed by atoms with Crippen LogP contribution in [0.2, 0.25) is 0 Å². The molecular formula is C9H14O2. The standard InChI is InChI=1S/C9H14O2/c10-9-6-8(11-9)7-4-2-1-3-5-7/h7-8H,1-6H2. The van der Waals surface area contributed by atoms with E-state index in [1.165, 1.54) is 32.1 Å². The van der Waals surface area contributed by atoms with Crippen molar-refractivity contribution in [3.8, 4) is 0 Å². The molecule has 2 heteroatoms. The monoisotopic (exact) mass is 154 g/mol. The van der Waals surface area contributed by atoms with Crippen LogP contribution < -0.4 is 0 Å². The fourth-order valence-electron chi connectivity index (χ4n) is 2.09. The van der Waals surface area contributed by atoms with E-state index < -0.39 is 0 Å². The molecule has 1 saturated heterocycles. The van der Waals surface area contributed by atoms with E-state index in [9.17, 15) is 4.79 Å². The van der Waals surface area contributed by atoms with Crippen LogP contribution in [-0.2, 0) is 9.53 Å². The van der Waals surface area contributed by atoms with E-state index in [1.807, 2.05) is 0 Å². The summed E-state index contributed by atoms with van der Waals surface area (Å²) in [6.45, 7) is 0. The summed E-state index contributed by atoms with van der Waals surface area (Å²) in [4.78, 5) is 10.5. The van der Waals surface area contributed by atoms with Gasteiger partial charge in [0.2, 0.25) is 0 Å². The maximum absolute atomic E-state index is 10.5. The first-order valence-electron chi connectivity index (χ1n) is 4.56. The third kappa shape index (κ3) is 1.39. The third-order valence-electron chi connectivity index (χ3n) is 2.83. The van der Waals surface area contributed by atoms with Crippen LogP contribution in [0.1, 0.15) is 38.5 Å². The van der Waals surface area contributed by atoms with Gasteiger partial charge in [-0.05, 0) is 18.8 Å². The van der Waals surface area contributed by atoms with Gasteiger partial charge in [-0.3, -0.25) is 4.79 Å². The molecule has 11 heavy (non-hydrogen) atoms. The van der Waals surface area contributed by atoms with Crippen molar-refractivity contribution in [2.24, 2.45) is 5.92 Å². The quantitative estimate of drug-likeness (QED) is 0.539. The molecule has 1 heterocycles. The summed E-state index contributed by atoms with van der Waals surface area (Å²) in [5.74, 6) is 0.696. The topological polar surface area (TPSA) is 26.3 Å². The lowest BCUT2D eigenvalue weighted by molar-refractivity contribution is -0.176. The highest BCUT2D eigenvalue weighted by Gasteiger charge is 2.35. The molecule has 0 radical (unpaired) electrons. The Bertz CT molecular complexity index is 151. The molecule has 1 unspecified atom stereocenters. The molecule has 2 aliphatic rings. The Hall–Kier alpha value is -0.530. The second-order valence-corrected chi connectivity index (χ2v) is 3.63. The molecule has 62 valence electrons. The molecule has 0 aromatic rings. The van der Waals surface area contributed by atoms with Gasteiger partial charge < -0.3 is 4.74 Å². The number of hydrogen-bond donors (Lipinski definition) is 0. The van der Waals surface area contributed by atoms with E-state index in [4.69, 9.17) is 4.74 Å². The third-order valence-corrected chi connectivity index (χ3v) is 2.83. The Kier molecular flexibility index (Phi) is 1.84. The van der Waals surface area contributed by atoms with Crippen LogP contribution in [0.5, 0.6) is 0 Å². The number of esters is 1. The molecule has 2 nitrogen and oxygen atoms in total. The molecule has 0 aromatic carbocycles. The van der Waals surface area contributed by atoms with Gasteiger partial charge in [-0.2, -0.15) is 0 Å². The Balaban J connectivity index is 1.80. The van der Waals surface area contributed by atoms with Gasteiger partial charge in [-0.15, -0.1) is 0 Å². The highest BCUT2D eigenvalue weighted by atomic mass is 16.6. The molecule has 0 N–H and O–H groups in total. The molecule has 2 fully saturated rings. The smallest absolute Gasteiger partial charge is 0.309 e. The maximum Gasteiger partial charge on any atom is 0.309 e. The lowest BCUT2D eigenvalue weighted by atomic mass is 9.82. The number of rotatable bonds is 1. The highest BCUT2D eigenvalue weighted by Crippen LogP contribution is 2.33. The average molecular weight is 154 g/mol. The zero-order valence-corrected chi connectivity index (χ0v) is 6.71. The van der Waals surface area contributed by atoms with Gasteiger partial charge in [0.25, 0.3) is 0 Å². The van der Waals surface area contributed by atoms with Crippen molar-refractivity contribution >= 4 is 5.97 Å². The fraction of sp³-hybridized carbons (Fsp3) is 0.889. The van der Waals surface area contributed by atoms with E-state index in [-0.39, 0.29) is 5.97 Å². The second kappa shape index (κ2) is 2.84. The number of hydrogen-bond acceptors (Lipinski definition) is 2. The molecule has 1 aliphatic carbocycles. The normalized spacial score (nSPS) is 32.7. The van der Waals surface area contributed by atoms with Crippen LogP contribution >= 0.6 is 0 Å². The van der Waals surface area contributed by atoms with Gasteiger partial charge in [0.15, 0.2) is 0 Å². The van der Waals surface area contributed by atoms with E-state index in [0.717, 1.165) is 0 Å². The number of carbonyl (C=O) groups excluding carboxylic acids is 1. The lowest BCUT2D eigenvalue weighted by Gasteiger charge is -2.35. The Labute approximate surface area is 66.9 Å². The molecule has 1 atom stereocenters. The molecule has 0 bridgehead atoms. The van der Waals surface area contributed by atoms with E-state index in [0.29, 0.717) is 18.4 Å². The van der Waals surface area contributed by atoms with Crippen LogP contribution in [0, 0.1) is 5.92 Å². The zero-order chi connectivity index (χ0) is 7.68. The predicted molar refractivity (Wildman–Crippen MR) is 41.1 cm³/mol. The minimum atomic E-state index is 0.000531. The van der Waals surface area contributed by atoms with Gasteiger partial charge in [-0.1, -0.05) is 19.3 Å². The van der Waals surface area contributed by atoms with Crippen molar-refractivity contribution in [1.82, 2.24) is 0 Å². The van der Waals surface area contributed by atoms with Crippen LogP contribution in [0.15, 0.2) is 0 Å². The zero-order valence-electron chi connectivity index (χ0n) is 6.71.